The molecule has 2 unspecified atom stereocenters. The lowest BCUT2D eigenvalue weighted by Crippen LogP contribution is -2.04. The van der Waals surface area contributed by atoms with Gasteiger partial charge in [0.05, 0.1) is 5.02 Å². The number of phenolic OH excluding ortho intramolecular Hbond substituents is 1. The minimum atomic E-state index is -2.40. The minimum absolute atomic E-state index is 0.0301. The molecule has 0 saturated heterocycles. The molecule has 1 rings (SSSR count). The van der Waals surface area contributed by atoms with Crippen molar-refractivity contribution in [3.63, 3.8) is 0 Å². The van der Waals surface area contributed by atoms with Gasteiger partial charge < -0.3 is 14.4 Å². The van der Waals surface area contributed by atoms with Crippen LogP contribution in [0.25, 0.3) is 0 Å². The SMILES string of the molecule is CCCCC(C)c1cc(NS(=O)[O-])cc(Cl)c1O. The second-order valence-corrected chi connectivity index (χ2v) is 5.36. The van der Waals surface area contributed by atoms with E-state index in [9.17, 15) is 13.9 Å². The van der Waals surface area contributed by atoms with Crippen LogP contribution < -0.4 is 4.72 Å². The standard InChI is InChI=1S/C12H18ClNO3S/c1-3-4-5-8(2)10-6-9(14-18(16)17)7-11(13)12(10)15/h6-8,14-15H,3-5H2,1-2H3,(H,16,17)/p-1. The molecule has 0 aromatic heterocycles. The van der Waals surface area contributed by atoms with Crippen molar-refractivity contribution in [2.24, 2.45) is 0 Å². The first-order chi connectivity index (χ1) is 8.45. The number of halogens is 1. The molecule has 102 valence electrons. The number of aromatic hydroxyl groups is 1. The smallest absolute Gasteiger partial charge is 0.137 e. The summed E-state index contributed by atoms with van der Waals surface area (Å²) in [4.78, 5) is 0. The van der Waals surface area contributed by atoms with Gasteiger partial charge in [-0.25, -0.2) is 0 Å². The highest BCUT2D eigenvalue weighted by Crippen LogP contribution is 2.37. The third-order valence-corrected chi connectivity index (χ3v) is 3.51. The monoisotopic (exact) mass is 290 g/mol. The van der Waals surface area contributed by atoms with Gasteiger partial charge in [0.15, 0.2) is 0 Å². The van der Waals surface area contributed by atoms with E-state index in [2.05, 4.69) is 11.6 Å². The number of phenols is 1. The van der Waals surface area contributed by atoms with Crippen molar-refractivity contribution in [3.8, 4) is 5.75 Å². The van der Waals surface area contributed by atoms with Crippen LogP contribution in [0.4, 0.5) is 5.69 Å². The first kappa shape index (κ1) is 15.3. The molecule has 0 aliphatic rings. The van der Waals surface area contributed by atoms with E-state index >= 15 is 0 Å². The number of unbranched alkanes of at least 4 members (excludes halogenated alkanes) is 1. The molecule has 18 heavy (non-hydrogen) atoms. The molecule has 2 atom stereocenters. The van der Waals surface area contributed by atoms with Gasteiger partial charge in [0, 0.05) is 22.5 Å². The van der Waals surface area contributed by atoms with Crippen molar-refractivity contribution >= 4 is 28.6 Å². The topological polar surface area (TPSA) is 72.4 Å². The van der Waals surface area contributed by atoms with Gasteiger partial charge >= 0.3 is 0 Å². The fourth-order valence-corrected chi connectivity index (χ4v) is 2.35. The second-order valence-electron chi connectivity index (χ2n) is 4.28. The molecule has 0 spiro atoms. The quantitative estimate of drug-likeness (QED) is 0.621. The Kier molecular flexibility index (Phi) is 5.91. The van der Waals surface area contributed by atoms with E-state index in [1.807, 2.05) is 6.92 Å². The van der Waals surface area contributed by atoms with E-state index in [1.54, 1.807) is 6.07 Å². The second kappa shape index (κ2) is 6.97. The van der Waals surface area contributed by atoms with Crippen molar-refractivity contribution in [2.75, 3.05) is 4.72 Å². The molecular formula is C12H17ClNO3S-. The summed E-state index contributed by atoms with van der Waals surface area (Å²) in [5.74, 6) is 0.159. The lowest BCUT2D eigenvalue weighted by molar-refractivity contribution is 0.459. The fraction of sp³-hybridized carbons (Fsp3) is 0.500. The van der Waals surface area contributed by atoms with Crippen molar-refractivity contribution in [3.05, 3.63) is 22.7 Å². The van der Waals surface area contributed by atoms with Crippen LogP contribution in [0.2, 0.25) is 5.02 Å². The normalized spacial score (nSPS) is 14.2. The van der Waals surface area contributed by atoms with Gasteiger partial charge in [0.2, 0.25) is 0 Å². The predicted octanol–water partition coefficient (Wildman–Crippen LogP) is 3.55. The van der Waals surface area contributed by atoms with Crippen molar-refractivity contribution in [1.29, 1.82) is 0 Å². The van der Waals surface area contributed by atoms with Gasteiger partial charge in [-0.1, -0.05) is 38.3 Å². The summed E-state index contributed by atoms with van der Waals surface area (Å²) in [6.07, 6.45) is 3.04. The Bertz CT molecular complexity index is 440. The average Bonchev–Trinajstić information content (AvgIpc) is 2.29. The zero-order valence-corrected chi connectivity index (χ0v) is 12.0. The average molecular weight is 291 g/mol. The number of nitrogens with one attached hydrogen (secondary N) is 1. The van der Waals surface area contributed by atoms with E-state index in [0.717, 1.165) is 19.3 Å². The number of rotatable bonds is 6. The third kappa shape index (κ3) is 4.15. The molecule has 0 saturated carbocycles. The van der Waals surface area contributed by atoms with Crippen molar-refractivity contribution in [1.82, 2.24) is 0 Å². The molecule has 0 bridgehead atoms. The summed E-state index contributed by atoms with van der Waals surface area (Å²) in [6, 6.07) is 3.01. The Balaban J connectivity index is 3.01. The van der Waals surface area contributed by atoms with Crippen LogP contribution in [0.15, 0.2) is 12.1 Å². The Morgan fingerprint density at radius 1 is 1.56 bits per heavy atom. The summed E-state index contributed by atoms with van der Waals surface area (Å²) in [7, 11) is 0. The van der Waals surface area contributed by atoms with Crippen molar-refractivity contribution in [2.45, 2.75) is 39.0 Å². The van der Waals surface area contributed by atoms with Crippen LogP contribution in [0.5, 0.6) is 5.75 Å². The van der Waals surface area contributed by atoms with Gasteiger partial charge in [-0.05, 0) is 24.5 Å². The van der Waals surface area contributed by atoms with E-state index in [-0.39, 0.29) is 16.7 Å². The summed E-state index contributed by atoms with van der Waals surface area (Å²) in [5, 5.41) is 10.1. The summed E-state index contributed by atoms with van der Waals surface area (Å²) in [6.45, 7) is 4.08. The maximum Gasteiger partial charge on any atom is 0.137 e. The Labute approximate surface area is 115 Å². The molecule has 0 amide bonds. The first-order valence-electron chi connectivity index (χ1n) is 5.84. The molecular weight excluding hydrogens is 274 g/mol. The molecule has 0 radical (unpaired) electrons. The highest BCUT2D eigenvalue weighted by Gasteiger charge is 2.14. The Morgan fingerprint density at radius 2 is 2.22 bits per heavy atom. The lowest BCUT2D eigenvalue weighted by Gasteiger charge is -2.17. The van der Waals surface area contributed by atoms with E-state index in [1.165, 1.54) is 6.07 Å². The summed E-state index contributed by atoms with van der Waals surface area (Å²) >= 11 is 3.49. The summed E-state index contributed by atoms with van der Waals surface area (Å²) in [5.41, 5.74) is 1.04. The van der Waals surface area contributed by atoms with Gasteiger partial charge in [0.25, 0.3) is 0 Å². The first-order valence-corrected chi connectivity index (χ1v) is 7.29. The van der Waals surface area contributed by atoms with Gasteiger partial charge in [-0.15, -0.1) is 0 Å². The molecule has 4 nitrogen and oxygen atoms in total. The van der Waals surface area contributed by atoms with Crippen LogP contribution in [0, 0.1) is 0 Å². The Hall–Kier alpha value is -0.780. The minimum Gasteiger partial charge on any atom is -0.755 e. The molecule has 0 aliphatic carbocycles. The zero-order chi connectivity index (χ0) is 13.7. The van der Waals surface area contributed by atoms with Crippen LogP contribution in [-0.4, -0.2) is 13.9 Å². The molecule has 0 aliphatic heterocycles. The number of anilines is 1. The lowest BCUT2D eigenvalue weighted by atomic mass is 9.94. The summed E-state index contributed by atoms with van der Waals surface area (Å²) < 4.78 is 23.4. The highest BCUT2D eigenvalue weighted by molar-refractivity contribution is 7.80. The maximum absolute atomic E-state index is 10.6. The molecule has 0 fully saturated rings. The van der Waals surface area contributed by atoms with E-state index in [4.69, 9.17) is 11.6 Å². The Morgan fingerprint density at radius 3 is 2.78 bits per heavy atom. The van der Waals surface area contributed by atoms with E-state index < -0.39 is 11.3 Å². The molecule has 1 aromatic carbocycles. The van der Waals surface area contributed by atoms with Crippen LogP contribution >= 0.6 is 11.6 Å². The van der Waals surface area contributed by atoms with Gasteiger partial charge in [-0.3, -0.25) is 4.21 Å². The fourth-order valence-electron chi connectivity index (χ4n) is 1.82. The molecule has 2 N–H and O–H groups in total. The zero-order valence-electron chi connectivity index (χ0n) is 10.4. The number of hydrogen-bond donors (Lipinski definition) is 2. The highest BCUT2D eigenvalue weighted by atomic mass is 35.5. The van der Waals surface area contributed by atoms with Gasteiger partial charge in [0.1, 0.15) is 5.75 Å². The van der Waals surface area contributed by atoms with Crippen molar-refractivity contribution < 1.29 is 13.9 Å². The molecule has 6 heteroatoms. The number of benzene rings is 1. The maximum atomic E-state index is 10.6. The van der Waals surface area contributed by atoms with E-state index in [0.29, 0.717) is 11.3 Å². The largest absolute Gasteiger partial charge is 0.755 e. The molecule has 1 aromatic rings. The predicted molar refractivity (Wildman–Crippen MR) is 73.6 cm³/mol. The van der Waals surface area contributed by atoms with Crippen LogP contribution in [0.1, 0.15) is 44.6 Å². The third-order valence-electron chi connectivity index (χ3n) is 2.82. The van der Waals surface area contributed by atoms with Gasteiger partial charge in [-0.2, -0.15) is 0 Å². The molecule has 0 heterocycles. The van der Waals surface area contributed by atoms with Crippen LogP contribution in [-0.2, 0) is 11.3 Å². The number of hydrogen-bond acceptors (Lipinski definition) is 3. The van der Waals surface area contributed by atoms with Crippen LogP contribution in [0.3, 0.4) is 0 Å².